The number of amides is 1. The number of H-pyrrole nitrogens is 1. The summed E-state index contributed by atoms with van der Waals surface area (Å²) in [6.07, 6.45) is 4.28. The molecule has 3 N–H and O–H groups in total. The van der Waals surface area contributed by atoms with E-state index >= 15 is 0 Å². The van der Waals surface area contributed by atoms with Crippen LogP contribution < -0.4 is 10.6 Å². The van der Waals surface area contributed by atoms with E-state index in [0.29, 0.717) is 22.1 Å². The van der Waals surface area contributed by atoms with E-state index in [4.69, 9.17) is 11.6 Å². The van der Waals surface area contributed by atoms with Crippen LogP contribution in [0.5, 0.6) is 0 Å². The van der Waals surface area contributed by atoms with Gasteiger partial charge in [-0.3, -0.25) is 4.79 Å². The number of rotatable bonds is 5. The van der Waals surface area contributed by atoms with Crippen LogP contribution in [0.15, 0.2) is 24.7 Å². The van der Waals surface area contributed by atoms with E-state index in [9.17, 15) is 9.18 Å². The number of carbonyl (C=O) groups is 1. The number of nitrogens with zero attached hydrogens (tertiary/aromatic N) is 3. The van der Waals surface area contributed by atoms with Gasteiger partial charge in [-0.15, -0.1) is 0 Å². The van der Waals surface area contributed by atoms with Crippen molar-refractivity contribution in [2.75, 3.05) is 12.4 Å². The zero-order valence-corrected chi connectivity index (χ0v) is 15.2. The maximum atomic E-state index is 14.2. The van der Waals surface area contributed by atoms with Crippen LogP contribution in [0.2, 0.25) is 5.02 Å². The van der Waals surface area contributed by atoms with Crippen molar-refractivity contribution in [3.05, 3.63) is 35.5 Å². The summed E-state index contributed by atoms with van der Waals surface area (Å²) in [7, 11) is 1.53. The van der Waals surface area contributed by atoms with Gasteiger partial charge in [0.2, 0.25) is 5.91 Å². The fraction of sp³-hybridized carbons (Fsp3) is 0.294. The Morgan fingerprint density at radius 3 is 2.77 bits per heavy atom. The van der Waals surface area contributed by atoms with Gasteiger partial charge in [0.15, 0.2) is 17.5 Å². The Labute approximate surface area is 154 Å². The zero-order chi connectivity index (χ0) is 18.8. The minimum absolute atomic E-state index is 0.0402. The molecule has 0 unspecified atom stereocenters. The van der Waals surface area contributed by atoms with Gasteiger partial charge in [-0.2, -0.15) is 0 Å². The number of aromatic nitrogens is 4. The van der Waals surface area contributed by atoms with E-state index in [0.717, 1.165) is 11.6 Å². The highest BCUT2D eigenvalue weighted by Gasteiger charge is 2.23. The molecule has 0 aliphatic carbocycles. The lowest BCUT2D eigenvalue weighted by Crippen LogP contribution is -2.41. The minimum atomic E-state index is -0.640. The van der Waals surface area contributed by atoms with E-state index in [1.807, 2.05) is 13.8 Å². The first-order valence-electron chi connectivity index (χ1n) is 8.04. The molecule has 0 aliphatic heterocycles. The molecule has 1 amide bonds. The number of nitrogens with one attached hydrogen (secondary N) is 3. The second-order valence-electron chi connectivity index (χ2n) is 6.12. The lowest BCUT2D eigenvalue weighted by molar-refractivity contribution is -0.122. The van der Waals surface area contributed by atoms with Gasteiger partial charge in [-0.25, -0.2) is 19.3 Å². The second-order valence-corrected chi connectivity index (χ2v) is 6.56. The van der Waals surface area contributed by atoms with Crippen LogP contribution in [0.25, 0.3) is 22.4 Å². The van der Waals surface area contributed by atoms with Crippen molar-refractivity contribution < 1.29 is 9.18 Å². The Kier molecular flexibility index (Phi) is 5.03. The number of fused-ring (bicyclic) bond motifs is 1. The summed E-state index contributed by atoms with van der Waals surface area (Å²) in [5.74, 6) is -0.698. The molecule has 9 heteroatoms. The normalized spacial score (nSPS) is 12.4. The maximum Gasteiger partial charge on any atom is 0.242 e. The molecule has 136 valence electrons. The summed E-state index contributed by atoms with van der Waals surface area (Å²) in [6.45, 7) is 3.72. The van der Waals surface area contributed by atoms with Gasteiger partial charge in [0, 0.05) is 30.4 Å². The average Bonchev–Trinajstić information content (AvgIpc) is 3.03. The number of pyridine rings is 1. The van der Waals surface area contributed by atoms with Crippen LogP contribution in [0.3, 0.4) is 0 Å². The van der Waals surface area contributed by atoms with Crippen molar-refractivity contribution in [1.29, 1.82) is 0 Å². The van der Waals surface area contributed by atoms with Gasteiger partial charge in [0.05, 0.1) is 11.2 Å². The summed E-state index contributed by atoms with van der Waals surface area (Å²) in [4.78, 5) is 27.5. The van der Waals surface area contributed by atoms with Crippen LogP contribution in [0.4, 0.5) is 10.2 Å². The van der Waals surface area contributed by atoms with E-state index in [-0.39, 0.29) is 17.6 Å². The molecule has 0 fully saturated rings. The maximum absolute atomic E-state index is 14.2. The second kappa shape index (κ2) is 7.25. The molecule has 7 nitrogen and oxygen atoms in total. The molecule has 3 aromatic heterocycles. The Bertz CT molecular complexity index is 958. The molecule has 0 aliphatic rings. The molecular weight excluding hydrogens is 359 g/mol. The summed E-state index contributed by atoms with van der Waals surface area (Å²) in [5.41, 5.74) is 1.26. The van der Waals surface area contributed by atoms with E-state index in [2.05, 4.69) is 30.6 Å². The van der Waals surface area contributed by atoms with Gasteiger partial charge in [0.1, 0.15) is 11.7 Å². The highest BCUT2D eigenvalue weighted by Crippen LogP contribution is 2.28. The quantitative estimate of drug-likeness (QED) is 0.636. The Hall–Kier alpha value is -2.74. The van der Waals surface area contributed by atoms with Gasteiger partial charge in [0.25, 0.3) is 0 Å². The topological polar surface area (TPSA) is 95.6 Å². The highest BCUT2D eigenvalue weighted by molar-refractivity contribution is 6.31. The molecule has 0 saturated heterocycles. The Morgan fingerprint density at radius 1 is 1.31 bits per heavy atom. The zero-order valence-electron chi connectivity index (χ0n) is 14.5. The van der Waals surface area contributed by atoms with Crippen LogP contribution in [0, 0.1) is 11.7 Å². The van der Waals surface area contributed by atoms with Crippen molar-refractivity contribution in [3.8, 4) is 11.4 Å². The molecule has 3 heterocycles. The number of carbonyl (C=O) groups excluding carboxylic acids is 1. The van der Waals surface area contributed by atoms with E-state index < -0.39 is 11.9 Å². The molecule has 3 aromatic rings. The molecule has 0 saturated carbocycles. The third-order valence-electron chi connectivity index (χ3n) is 3.97. The predicted octanol–water partition coefficient (Wildman–Crippen LogP) is 2.99. The van der Waals surface area contributed by atoms with Crippen LogP contribution in [0.1, 0.15) is 13.8 Å². The molecular formula is C17H18ClFN6O. The number of hydrogen-bond acceptors (Lipinski definition) is 5. The largest absolute Gasteiger partial charge is 0.357 e. The number of hydrogen-bond donors (Lipinski definition) is 3. The summed E-state index contributed by atoms with van der Waals surface area (Å²) >= 11 is 6.01. The highest BCUT2D eigenvalue weighted by atomic mass is 35.5. The van der Waals surface area contributed by atoms with Crippen LogP contribution in [-0.2, 0) is 4.79 Å². The standard InChI is InChI=1S/C17H18ClFN6O/c1-8(2)13(17(26)20-3)24-16-12(19)7-23-15(25-16)11-6-22-14-10(11)4-9(18)5-21-14/h4-8,13H,1-3H3,(H,20,26)(H,21,22)(H,23,24,25)/t13-/m0/s1. The van der Waals surface area contributed by atoms with Gasteiger partial charge < -0.3 is 15.6 Å². The monoisotopic (exact) mass is 376 g/mol. The lowest BCUT2D eigenvalue weighted by Gasteiger charge is -2.21. The van der Waals surface area contributed by atoms with Crippen molar-refractivity contribution >= 4 is 34.4 Å². The molecule has 0 spiro atoms. The molecule has 0 aromatic carbocycles. The fourth-order valence-electron chi connectivity index (χ4n) is 2.60. The first-order chi connectivity index (χ1) is 12.4. The Balaban J connectivity index is 2.02. The molecule has 0 radical (unpaired) electrons. The number of likely N-dealkylation sites (N-methyl/N-ethyl adjacent to an activating group) is 1. The first kappa shape index (κ1) is 18.1. The van der Waals surface area contributed by atoms with Crippen molar-refractivity contribution in [2.24, 2.45) is 5.92 Å². The molecule has 3 rings (SSSR count). The molecule has 1 atom stereocenters. The van der Waals surface area contributed by atoms with Gasteiger partial charge in [-0.1, -0.05) is 25.4 Å². The predicted molar refractivity (Wildman–Crippen MR) is 98.4 cm³/mol. The average molecular weight is 377 g/mol. The van der Waals surface area contributed by atoms with Gasteiger partial charge in [-0.05, 0) is 12.0 Å². The number of aromatic amines is 1. The summed E-state index contributed by atoms with van der Waals surface area (Å²) in [6, 6.07) is 1.10. The van der Waals surface area contributed by atoms with Crippen molar-refractivity contribution in [1.82, 2.24) is 25.3 Å². The van der Waals surface area contributed by atoms with E-state index in [1.165, 1.54) is 13.2 Å². The lowest BCUT2D eigenvalue weighted by atomic mass is 10.0. The van der Waals surface area contributed by atoms with Crippen LogP contribution >= 0.6 is 11.6 Å². The number of halogens is 2. The Morgan fingerprint density at radius 2 is 2.08 bits per heavy atom. The summed E-state index contributed by atoms with van der Waals surface area (Å²) < 4.78 is 14.2. The molecule has 0 bridgehead atoms. The van der Waals surface area contributed by atoms with Crippen LogP contribution in [-0.4, -0.2) is 38.9 Å². The third kappa shape index (κ3) is 3.45. The van der Waals surface area contributed by atoms with Gasteiger partial charge >= 0.3 is 0 Å². The fourth-order valence-corrected chi connectivity index (χ4v) is 2.76. The van der Waals surface area contributed by atoms with E-state index in [1.54, 1.807) is 12.3 Å². The van der Waals surface area contributed by atoms with Crippen molar-refractivity contribution in [2.45, 2.75) is 19.9 Å². The number of anilines is 1. The van der Waals surface area contributed by atoms with Crippen molar-refractivity contribution in [3.63, 3.8) is 0 Å². The minimum Gasteiger partial charge on any atom is -0.357 e. The smallest absolute Gasteiger partial charge is 0.242 e. The first-order valence-corrected chi connectivity index (χ1v) is 8.42. The molecule has 26 heavy (non-hydrogen) atoms. The SMILES string of the molecule is CNC(=O)[C@@H](Nc1nc(-c2c[nH]c3ncc(Cl)cc23)ncc1F)C(C)C. The summed E-state index contributed by atoms with van der Waals surface area (Å²) in [5, 5.41) is 6.63. The third-order valence-corrected chi connectivity index (χ3v) is 4.18.